The molecule has 0 aliphatic rings. The Kier molecular flexibility index (Phi) is 5.26. The van der Waals surface area contributed by atoms with Crippen LogP contribution in [0.4, 0.5) is 0 Å². The molecule has 1 N–H and O–H groups in total. The third kappa shape index (κ3) is 3.91. The Balaban J connectivity index is 1.30. The van der Waals surface area contributed by atoms with Crippen molar-refractivity contribution in [3.05, 3.63) is 93.8 Å². The van der Waals surface area contributed by atoms with Crippen LogP contribution in [0.3, 0.4) is 0 Å². The number of amides is 1. The third-order valence-corrected chi connectivity index (χ3v) is 5.83. The Hall–Kier alpha value is -4.20. The van der Waals surface area contributed by atoms with Crippen molar-refractivity contribution in [3.63, 3.8) is 0 Å². The molecule has 33 heavy (non-hydrogen) atoms. The van der Waals surface area contributed by atoms with Crippen molar-refractivity contribution >= 4 is 28.0 Å². The quantitative estimate of drug-likeness (QED) is 0.436. The SMILES string of the molecule is Cc1nn(Cc2ccccc2)c(C)c1CNC(=O)Cn1cnc2c(oc3ccccc32)c1=O. The van der Waals surface area contributed by atoms with E-state index in [1.807, 2.05) is 54.9 Å². The van der Waals surface area contributed by atoms with Gasteiger partial charge in [-0.25, -0.2) is 4.98 Å². The summed E-state index contributed by atoms with van der Waals surface area (Å²) in [7, 11) is 0. The normalized spacial score (nSPS) is 11.3. The number of rotatable bonds is 6. The zero-order chi connectivity index (χ0) is 22.9. The van der Waals surface area contributed by atoms with Gasteiger partial charge in [0.05, 0.1) is 18.6 Å². The van der Waals surface area contributed by atoms with Crippen LogP contribution in [0.2, 0.25) is 0 Å². The number of benzene rings is 2. The first kappa shape index (κ1) is 20.7. The number of nitrogens with one attached hydrogen (secondary N) is 1. The molecule has 0 fully saturated rings. The summed E-state index contributed by atoms with van der Waals surface area (Å²) >= 11 is 0. The summed E-state index contributed by atoms with van der Waals surface area (Å²) in [6, 6.07) is 17.4. The van der Waals surface area contributed by atoms with Gasteiger partial charge in [0.25, 0.3) is 5.56 Å². The molecule has 8 nitrogen and oxygen atoms in total. The first-order valence-corrected chi connectivity index (χ1v) is 10.7. The summed E-state index contributed by atoms with van der Waals surface area (Å²) in [5.41, 5.74) is 4.87. The molecule has 0 aliphatic carbocycles. The van der Waals surface area contributed by atoms with Crippen molar-refractivity contribution < 1.29 is 9.21 Å². The number of furan rings is 1. The van der Waals surface area contributed by atoms with Gasteiger partial charge >= 0.3 is 0 Å². The lowest BCUT2D eigenvalue weighted by Gasteiger charge is -2.08. The van der Waals surface area contributed by atoms with E-state index in [1.54, 1.807) is 6.07 Å². The van der Waals surface area contributed by atoms with Gasteiger partial charge in [0.1, 0.15) is 17.6 Å². The van der Waals surface area contributed by atoms with Crippen LogP contribution in [-0.4, -0.2) is 25.2 Å². The van der Waals surface area contributed by atoms with Gasteiger partial charge in [0.15, 0.2) is 0 Å². The second-order valence-corrected chi connectivity index (χ2v) is 8.02. The largest absolute Gasteiger partial charge is 0.448 e. The Morgan fingerprint density at radius 3 is 2.64 bits per heavy atom. The van der Waals surface area contributed by atoms with E-state index in [0.29, 0.717) is 24.2 Å². The summed E-state index contributed by atoms with van der Waals surface area (Å²) in [5.74, 6) is -0.288. The van der Waals surface area contributed by atoms with E-state index in [0.717, 1.165) is 27.9 Å². The molecule has 3 aromatic heterocycles. The maximum atomic E-state index is 12.8. The maximum absolute atomic E-state index is 12.8. The van der Waals surface area contributed by atoms with E-state index < -0.39 is 0 Å². The van der Waals surface area contributed by atoms with Crippen LogP contribution in [0.5, 0.6) is 0 Å². The fourth-order valence-electron chi connectivity index (χ4n) is 4.03. The number of aryl methyl sites for hydroxylation is 1. The molecule has 0 atom stereocenters. The minimum atomic E-state index is -0.380. The second-order valence-electron chi connectivity index (χ2n) is 8.02. The molecule has 0 aliphatic heterocycles. The molecule has 0 radical (unpaired) electrons. The topological polar surface area (TPSA) is 95.0 Å². The van der Waals surface area contributed by atoms with Crippen molar-refractivity contribution in [2.75, 3.05) is 0 Å². The number of para-hydroxylation sites is 1. The Morgan fingerprint density at radius 1 is 1.06 bits per heavy atom. The summed E-state index contributed by atoms with van der Waals surface area (Å²) in [6.07, 6.45) is 1.39. The van der Waals surface area contributed by atoms with Gasteiger partial charge in [-0.1, -0.05) is 42.5 Å². The summed E-state index contributed by atoms with van der Waals surface area (Å²) in [6.45, 7) is 4.78. The van der Waals surface area contributed by atoms with Crippen molar-refractivity contribution in [1.29, 1.82) is 0 Å². The number of carbonyl (C=O) groups is 1. The van der Waals surface area contributed by atoms with Gasteiger partial charge in [0, 0.05) is 23.2 Å². The molecule has 0 bridgehead atoms. The standard InChI is InChI=1S/C25H23N5O3/c1-16-20(17(2)30(28-16)13-18-8-4-3-5-9-18)12-26-22(31)14-29-15-27-23-19-10-6-7-11-21(19)33-24(23)25(29)32/h3-11,15H,12-14H2,1-2H3,(H,26,31). The molecule has 3 heterocycles. The first-order valence-electron chi connectivity index (χ1n) is 10.7. The average Bonchev–Trinajstić information content (AvgIpc) is 3.32. The smallest absolute Gasteiger partial charge is 0.297 e. The highest BCUT2D eigenvalue weighted by molar-refractivity contribution is 6.01. The van der Waals surface area contributed by atoms with Crippen LogP contribution in [0.1, 0.15) is 22.5 Å². The highest BCUT2D eigenvalue weighted by Crippen LogP contribution is 2.24. The highest BCUT2D eigenvalue weighted by Gasteiger charge is 2.16. The van der Waals surface area contributed by atoms with Gasteiger partial charge < -0.3 is 9.73 Å². The number of nitrogens with zero attached hydrogens (tertiary/aromatic N) is 4. The lowest BCUT2D eigenvalue weighted by molar-refractivity contribution is -0.121. The van der Waals surface area contributed by atoms with Gasteiger partial charge in [-0.2, -0.15) is 5.10 Å². The Bertz CT molecular complexity index is 1530. The van der Waals surface area contributed by atoms with Crippen molar-refractivity contribution in [1.82, 2.24) is 24.6 Å². The monoisotopic (exact) mass is 441 g/mol. The van der Waals surface area contributed by atoms with Crippen molar-refractivity contribution in [2.45, 2.75) is 33.5 Å². The van der Waals surface area contributed by atoms with Crippen LogP contribution < -0.4 is 10.9 Å². The molecule has 0 unspecified atom stereocenters. The molecule has 0 spiro atoms. The molecule has 8 heteroatoms. The summed E-state index contributed by atoms with van der Waals surface area (Å²) in [4.78, 5) is 29.8. The molecular weight excluding hydrogens is 418 g/mol. The fourth-order valence-corrected chi connectivity index (χ4v) is 4.03. The minimum absolute atomic E-state index is 0.144. The van der Waals surface area contributed by atoms with Crippen LogP contribution in [0, 0.1) is 13.8 Å². The number of carbonyl (C=O) groups excluding carboxylic acids is 1. The number of fused-ring (bicyclic) bond motifs is 3. The van der Waals surface area contributed by atoms with Gasteiger partial charge in [-0.05, 0) is 31.5 Å². The van der Waals surface area contributed by atoms with Crippen LogP contribution in [0.25, 0.3) is 22.1 Å². The molecule has 0 saturated carbocycles. The molecule has 1 amide bonds. The van der Waals surface area contributed by atoms with E-state index in [1.165, 1.54) is 10.9 Å². The summed E-state index contributed by atoms with van der Waals surface area (Å²) < 4.78 is 8.88. The lowest BCUT2D eigenvalue weighted by atomic mass is 10.2. The molecule has 166 valence electrons. The van der Waals surface area contributed by atoms with Crippen LogP contribution in [0.15, 0.2) is 70.1 Å². The first-order chi connectivity index (χ1) is 16.0. The zero-order valence-electron chi connectivity index (χ0n) is 18.4. The second kappa shape index (κ2) is 8.38. The van der Waals surface area contributed by atoms with E-state index in [4.69, 9.17) is 4.42 Å². The minimum Gasteiger partial charge on any atom is -0.448 e. The third-order valence-electron chi connectivity index (χ3n) is 5.83. The zero-order valence-corrected chi connectivity index (χ0v) is 18.4. The fraction of sp³-hybridized carbons (Fsp3) is 0.200. The molecule has 5 aromatic rings. The number of aromatic nitrogens is 4. The van der Waals surface area contributed by atoms with Crippen LogP contribution >= 0.6 is 0 Å². The lowest BCUT2D eigenvalue weighted by Crippen LogP contribution is -2.32. The molecule has 2 aromatic carbocycles. The Morgan fingerprint density at radius 2 is 1.82 bits per heavy atom. The van der Waals surface area contributed by atoms with Gasteiger partial charge in [0.2, 0.25) is 11.5 Å². The average molecular weight is 441 g/mol. The molecule has 0 saturated heterocycles. The molecular formula is C25H23N5O3. The van der Waals surface area contributed by atoms with E-state index >= 15 is 0 Å². The molecule has 5 rings (SSSR count). The van der Waals surface area contributed by atoms with Crippen molar-refractivity contribution in [2.24, 2.45) is 0 Å². The Labute approximate surface area is 189 Å². The highest BCUT2D eigenvalue weighted by atomic mass is 16.3. The van der Waals surface area contributed by atoms with E-state index in [-0.39, 0.29) is 23.6 Å². The predicted octanol–water partition coefficient (Wildman–Crippen LogP) is 3.32. The van der Waals surface area contributed by atoms with Gasteiger partial charge in [-0.3, -0.25) is 18.8 Å². The van der Waals surface area contributed by atoms with Crippen LogP contribution in [-0.2, 0) is 24.4 Å². The predicted molar refractivity (Wildman–Crippen MR) is 125 cm³/mol. The summed E-state index contributed by atoms with van der Waals surface area (Å²) in [5, 5.41) is 8.30. The van der Waals surface area contributed by atoms with Crippen molar-refractivity contribution in [3.8, 4) is 0 Å². The van der Waals surface area contributed by atoms with E-state index in [9.17, 15) is 9.59 Å². The maximum Gasteiger partial charge on any atom is 0.297 e. The number of hydrogen-bond acceptors (Lipinski definition) is 5. The number of hydrogen-bond donors (Lipinski definition) is 1. The van der Waals surface area contributed by atoms with Gasteiger partial charge in [-0.15, -0.1) is 0 Å². The van der Waals surface area contributed by atoms with E-state index in [2.05, 4.69) is 27.5 Å².